The zero-order chi connectivity index (χ0) is 16.4. The fourth-order valence-corrected chi connectivity index (χ4v) is 2.24. The van der Waals surface area contributed by atoms with Crippen LogP contribution in [-0.2, 0) is 4.79 Å². The molecule has 5 nitrogen and oxygen atoms in total. The quantitative estimate of drug-likeness (QED) is 0.647. The van der Waals surface area contributed by atoms with Crippen LogP contribution in [0.15, 0.2) is 24.3 Å². The van der Waals surface area contributed by atoms with E-state index in [-0.39, 0.29) is 5.91 Å². The van der Waals surface area contributed by atoms with Gasteiger partial charge in [0.2, 0.25) is 0 Å². The van der Waals surface area contributed by atoms with Gasteiger partial charge >= 0.3 is 5.97 Å². The molecule has 0 aromatic heterocycles. The van der Waals surface area contributed by atoms with Crippen LogP contribution in [0.1, 0.15) is 36.5 Å². The smallest absolute Gasteiger partial charge is 0.326 e. The highest BCUT2D eigenvalue weighted by Gasteiger charge is 2.20. The summed E-state index contributed by atoms with van der Waals surface area (Å²) in [5, 5.41) is 11.7. The molecular weight excluding hydrogens is 302 g/mol. The lowest BCUT2D eigenvalue weighted by molar-refractivity contribution is -0.139. The van der Waals surface area contributed by atoms with Crippen LogP contribution in [0.4, 0.5) is 0 Å². The number of thioether (sulfide) groups is 1. The molecule has 0 saturated heterocycles. The minimum Gasteiger partial charge on any atom is -0.494 e. The number of hydrogen-bond donors (Lipinski definition) is 2. The van der Waals surface area contributed by atoms with Gasteiger partial charge in [0.25, 0.3) is 5.91 Å². The summed E-state index contributed by atoms with van der Waals surface area (Å²) >= 11 is 1.55. The van der Waals surface area contributed by atoms with Gasteiger partial charge in [-0.3, -0.25) is 4.79 Å². The fraction of sp³-hybridized carbons (Fsp3) is 0.500. The number of carboxylic acid groups (broad SMARTS) is 1. The molecule has 0 aliphatic heterocycles. The Bertz CT molecular complexity index is 476. The van der Waals surface area contributed by atoms with Crippen molar-refractivity contribution in [2.24, 2.45) is 0 Å². The molecule has 0 aliphatic rings. The molecule has 0 spiro atoms. The number of unbranched alkanes of at least 4 members (excludes halogenated alkanes) is 1. The number of carboxylic acids is 1. The van der Waals surface area contributed by atoms with E-state index < -0.39 is 12.0 Å². The van der Waals surface area contributed by atoms with Crippen LogP contribution in [-0.4, -0.2) is 41.6 Å². The van der Waals surface area contributed by atoms with Gasteiger partial charge in [0.15, 0.2) is 0 Å². The molecule has 1 aromatic rings. The summed E-state index contributed by atoms with van der Waals surface area (Å²) in [6.07, 6.45) is 4.35. The van der Waals surface area contributed by atoms with Gasteiger partial charge < -0.3 is 15.2 Å². The second-order valence-corrected chi connectivity index (χ2v) is 5.86. The number of benzene rings is 1. The zero-order valence-corrected chi connectivity index (χ0v) is 13.8. The molecule has 22 heavy (non-hydrogen) atoms. The molecule has 1 rings (SSSR count). The Morgan fingerprint density at radius 2 is 2.00 bits per heavy atom. The van der Waals surface area contributed by atoms with E-state index in [4.69, 9.17) is 9.84 Å². The Kier molecular flexibility index (Phi) is 8.43. The summed E-state index contributed by atoms with van der Waals surface area (Å²) in [7, 11) is 0. The molecule has 2 N–H and O–H groups in total. The van der Waals surface area contributed by atoms with E-state index in [2.05, 4.69) is 12.2 Å². The van der Waals surface area contributed by atoms with E-state index in [9.17, 15) is 9.59 Å². The first-order valence-electron chi connectivity index (χ1n) is 7.34. The van der Waals surface area contributed by atoms with Gasteiger partial charge in [-0.05, 0) is 49.1 Å². The van der Waals surface area contributed by atoms with E-state index in [0.717, 1.165) is 12.8 Å². The van der Waals surface area contributed by atoms with Crippen molar-refractivity contribution in [3.05, 3.63) is 29.8 Å². The first-order valence-corrected chi connectivity index (χ1v) is 8.73. The van der Waals surface area contributed by atoms with Crippen LogP contribution >= 0.6 is 11.8 Å². The van der Waals surface area contributed by atoms with Crippen molar-refractivity contribution < 1.29 is 19.4 Å². The van der Waals surface area contributed by atoms with Gasteiger partial charge in [0, 0.05) is 5.56 Å². The summed E-state index contributed by atoms with van der Waals surface area (Å²) in [5.41, 5.74) is 0.429. The largest absolute Gasteiger partial charge is 0.494 e. The molecule has 1 aromatic carbocycles. The van der Waals surface area contributed by atoms with Crippen LogP contribution < -0.4 is 10.1 Å². The second-order valence-electron chi connectivity index (χ2n) is 4.87. The predicted molar refractivity (Wildman–Crippen MR) is 88.7 cm³/mol. The molecule has 1 unspecified atom stereocenters. The van der Waals surface area contributed by atoms with Crippen LogP contribution in [0, 0.1) is 0 Å². The SMILES string of the molecule is CCCCOc1ccc(C(=O)NC(CCSC)C(=O)O)cc1. The number of hydrogen-bond acceptors (Lipinski definition) is 4. The van der Waals surface area contributed by atoms with Crippen molar-refractivity contribution in [1.82, 2.24) is 5.32 Å². The average molecular weight is 325 g/mol. The minimum absolute atomic E-state index is 0.381. The molecule has 0 aliphatic carbocycles. The predicted octanol–water partition coefficient (Wildman–Crippen LogP) is 2.80. The maximum atomic E-state index is 12.1. The summed E-state index contributed by atoms with van der Waals surface area (Å²) in [6, 6.07) is 5.87. The van der Waals surface area contributed by atoms with Gasteiger partial charge in [-0.2, -0.15) is 11.8 Å². The number of carbonyl (C=O) groups is 2. The highest BCUT2D eigenvalue weighted by atomic mass is 32.2. The summed E-state index contributed by atoms with van der Waals surface area (Å²) < 4.78 is 5.52. The second kappa shape index (κ2) is 10.1. The monoisotopic (exact) mass is 325 g/mol. The maximum absolute atomic E-state index is 12.1. The van der Waals surface area contributed by atoms with Crippen LogP contribution in [0.25, 0.3) is 0 Å². The van der Waals surface area contributed by atoms with Crippen molar-refractivity contribution in [2.45, 2.75) is 32.2 Å². The van der Waals surface area contributed by atoms with E-state index in [0.29, 0.717) is 30.1 Å². The third kappa shape index (κ3) is 6.39. The number of amides is 1. The Morgan fingerprint density at radius 1 is 1.32 bits per heavy atom. The third-order valence-corrected chi connectivity index (χ3v) is 3.74. The summed E-state index contributed by atoms with van der Waals surface area (Å²) in [5.74, 6) is -0.000690. The van der Waals surface area contributed by atoms with Gasteiger partial charge in [-0.1, -0.05) is 13.3 Å². The van der Waals surface area contributed by atoms with E-state index >= 15 is 0 Å². The highest BCUT2D eigenvalue weighted by Crippen LogP contribution is 2.13. The van der Waals surface area contributed by atoms with Gasteiger partial charge in [0.05, 0.1) is 6.61 Å². The number of carbonyl (C=O) groups excluding carboxylic acids is 1. The average Bonchev–Trinajstić information content (AvgIpc) is 2.51. The van der Waals surface area contributed by atoms with Crippen LogP contribution in [0.3, 0.4) is 0 Å². The molecule has 1 amide bonds. The summed E-state index contributed by atoms with van der Waals surface area (Å²) in [4.78, 5) is 23.2. The Morgan fingerprint density at radius 3 is 2.55 bits per heavy atom. The van der Waals surface area contributed by atoms with Crippen LogP contribution in [0.2, 0.25) is 0 Å². The lowest BCUT2D eigenvalue weighted by atomic mass is 10.1. The normalized spacial score (nSPS) is 11.7. The van der Waals surface area contributed by atoms with Gasteiger partial charge in [-0.25, -0.2) is 4.79 Å². The van der Waals surface area contributed by atoms with Crippen LogP contribution in [0.5, 0.6) is 5.75 Å². The van der Waals surface area contributed by atoms with Gasteiger partial charge in [-0.15, -0.1) is 0 Å². The third-order valence-electron chi connectivity index (χ3n) is 3.10. The molecule has 0 radical (unpaired) electrons. The number of nitrogens with one attached hydrogen (secondary N) is 1. The molecular formula is C16H23NO4S. The first-order chi connectivity index (χ1) is 10.6. The molecule has 1 atom stereocenters. The highest BCUT2D eigenvalue weighted by molar-refractivity contribution is 7.98. The molecule has 122 valence electrons. The Balaban J connectivity index is 2.58. The molecule has 0 bridgehead atoms. The number of rotatable bonds is 10. The zero-order valence-electron chi connectivity index (χ0n) is 13.0. The van der Waals surface area contributed by atoms with E-state index in [1.165, 1.54) is 0 Å². The minimum atomic E-state index is -1.01. The van der Waals surface area contributed by atoms with Gasteiger partial charge in [0.1, 0.15) is 11.8 Å². The van der Waals surface area contributed by atoms with Crippen molar-refractivity contribution in [1.29, 1.82) is 0 Å². The lowest BCUT2D eigenvalue weighted by Crippen LogP contribution is -2.41. The first kappa shape index (κ1) is 18.4. The van der Waals surface area contributed by atoms with E-state index in [1.54, 1.807) is 36.0 Å². The summed E-state index contributed by atoms with van der Waals surface area (Å²) in [6.45, 7) is 2.74. The van der Waals surface area contributed by atoms with Crippen molar-refractivity contribution >= 4 is 23.6 Å². The number of ether oxygens (including phenoxy) is 1. The fourth-order valence-electron chi connectivity index (χ4n) is 1.77. The topological polar surface area (TPSA) is 75.6 Å². The van der Waals surface area contributed by atoms with Crippen molar-refractivity contribution in [3.8, 4) is 5.75 Å². The number of aliphatic carboxylic acids is 1. The van der Waals surface area contributed by atoms with E-state index in [1.807, 2.05) is 6.26 Å². The molecule has 0 heterocycles. The lowest BCUT2D eigenvalue weighted by Gasteiger charge is -2.14. The van der Waals surface area contributed by atoms with Crippen molar-refractivity contribution in [2.75, 3.05) is 18.6 Å². The Labute approximate surface area is 135 Å². The molecule has 6 heteroatoms. The molecule has 0 fully saturated rings. The standard InChI is InChI=1S/C16H23NO4S/c1-3-4-10-21-13-7-5-12(6-8-13)15(18)17-14(16(19)20)9-11-22-2/h5-8,14H,3-4,9-11H2,1-2H3,(H,17,18)(H,19,20). The Hall–Kier alpha value is -1.69. The van der Waals surface area contributed by atoms with Crippen molar-refractivity contribution in [3.63, 3.8) is 0 Å². The maximum Gasteiger partial charge on any atom is 0.326 e. The molecule has 0 saturated carbocycles.